The van der Waals surface area contributed by atoms with Crippen molar-refractivity contribution in [3.05, 3.63) is 54.1 Å². The molecule has 0 heterocycles. The third-order valence-electron chi connectivity index (χ3n) is 6.01. The van der Waals surface area contributed by atoms with Crippen molar-refractivity contribution in [2.45, 2.75) is 38.5 Å². The number of allylic oxidation sites excluding steroid dienone is 3. The van der Waals surface area contributed by atoms with Crippen LogP contribution in [0.3, 0.4) is 0 Å². The molecule has 5 rings (SSSR count). The van der Waals surface area contributed by atoms with Gasteiger partial charge in [0.25, 0.3) is 0 Å². The molecule has 0 atom stereocenters. The van der Waals surface area contributed by atoms with E-state index in [0.717, 1.165) is 37.0 Å². The summed E-state index contributed by atoms with van der Waals surface area (Å²) in [4.78, 5) is 12.8. The Balaban J connectivity index is 1.44. The summed E-state index contributed by atoms with van der Waals surface area (Å²) in [7, 11) is 0. The van der Waals surface area contributed by atoms with E-state index in [0.29, 0.717) is 5.78 Å². The van der Waals surface area contributed by atoms with Crippen LogP contribution in [0.2, 0.25) is 0 Å². The first-order valence-electron chi connectivity index (χ1n) is 8.68. The molecule has 1 nitrogen and oxygen atoms in total. The highest BCUT2D eigenvalue weighted by molar-refractivity contribution is 5.95. The van der Waals surface area contributed by atoms with Gasteiger partial charge in [-0.3, -0.25) is 4.79 Å². The smallest absolute Gasteiger partial charge is 0.161 e. The third kappa shape index (κ3) is 2.58. The second kappa shape index (κ2) is 5.53. The summed E-state index contributed by atoms with van der Waals surface area (Å²) in [5.74, 6) is 2.90. The first kappa shape index (κ1) is 14.0. The number of rotatable bonds is 4. The maximum Gasteiger partial charge on any atom is 0.161 e. The van der Waals surface area contributed by atoms with E-state index in [9.17, 15) is 4.79 Å². The lowest BCUT2D eigenvalue weighted by atomic mass is 9.48. The van der Waals surface area contributed by atoms with Gasteiger partial charge in [-0.05, 0) is 67.9 Å². The zero-order valence-corrected chi connectivity index (χ0v) is 13.1. The van der Waals surface area contributed by atoms with Crippen LogP contribution in [-0.2, 0) is 4.79 Å². The van der Waals surface area contributed by atoms with Crippen molar-refractivity contribution in [1.82, 2.24) is 0 Å². The summed E-state index contributed by atoms with van der Waals surface area (Å²) >= 11 is 0. The minimum Gasteiger partial charge on any atom is -0.294 e. The minimum atomic E-state index is 0.00579. The molecule has 0 aromatic heterocycles. The molecule has 0 amide bonds. The molecule has 0 saturated heterocycles. The predicted molar refractivity (Wildman–Crippen MR) is 90.2 cm³/mol. The molecule has 0 N–H and O–H groups in total. The van der Waals surface area contributed by atoms with Crippen LogP contribution in [0.25, 0.3) is 6.08 Å². The van der Waals surface area contributed by atoms with Crippen LogP contribution >= 0.6 is 0 Å². The highest BCUT2D eigenvalue weighted by atomic mass is 16.1. The molecule has 0 spiro atoms. The molecule has 0 aliphatic heterocycles. The average Bonchev–Trinajstić information content (AvgIpc) is 2.51. The lowest BCUT2D eigenvalue weighted by molar-refractivity contribution is -0.138. The van der Waals surface area contributed by atoms with Crippen LogP contribution in [0.1, 0.15) is 44.1 Å². The number of benzene rings is 1. The predicted octanol–water partition coefficient (Wildman–Crippen LogP) is 5.04. The Bertz CT molecular complexity index is 573. The van der Waals surface area contributed by atoms with Crippen molar-refractivity contribution in [2.24, 2.45) is 23.2 Å². The van der Waals surface area contributed by atoms with E-state index in [1.165, 1.54) is 24.8 Å². The second-order valence-corrected chi connectivity index (χ2v) is 7.69. The van der Waals surface area contributed by atoms with E-state index in [1.807, 2.05) is 36.4 Å². The van der Waals surface area contributed by atoms with E-state index in [4.69, 9.17) is 0 Å². The zero-order valence-electron chi connectivity index (χ0n) is 13.1. The van der Waals surface area contributed by atoms with Crippen LogP contribution in [0.5, 0.6) is 0 Å². The third-order valence-corrected chi connectivity index (χ3v) is 6.01. The molecule has 0 radical (unpaired) electrons. The van der Waals surface area contributed by atoms with Gasteiger partial charge in [-0.15, -0.1) is 0 Å². The Morgan fingerprint density at radius 1 is 0.909 bits per heavy atom. The standard InChI is InChI=1S/C21H24O/c22-20(9-5-4-8-16-6-2-1-3-7-16)21-13-17-10-18(14-21)12-19(11-17)15-21/h1-9,17-19H,10-15H2. The molecule has 1 aromatic rings. The highest BCUT2D eigenvalue weighted by Crippen LogP contribution is 2.60. The van der Waals surface area contributed by atoms with Crippen LogP contribution in [0.15, 0.2) is 48.6 Å². The fourth-order valence-electron chi connectivity index (χ4n) is 5.46. The largest absolute Gasteiger partial charge is 0.294 e. The van der Waals surface area contributed by atoms with E-state index in [-0.39, 0.29) is 5.41 Å². The molecule has 4 aliphatic carbocycles. The molecule has 4 saturated carbocycles. The SMILES string of the molecule is O=C(C=CC=Cc1ccccc1)C12CC3CC(CC(C3)C1)C2. The second-order valence-electron chi connectivity index (χ2n) is 7.69. The van der Waals surface area contributed by atoms with E-state index in [1.54, 1.807) is 0 Å². The minimum absolute atomic E-state index is 0.00579. The number of carbonyl (C=O) groups is 1. The molecule has 1 aromatic carbocycles. The van der Waals surface area contributed by atoms with Crippen LogP contribution in [0, 0.1) is 23.2 Å². The molecule has 4 bridgehead atoms. The number of hydrogen-bond donors (Lipinski definition) is 0. The average molecular weight is 292 g/mol. The van der Waals surface area contributed by atoms with E-state index >= 15 is 0 Å². The maximum atomic E-state index is 12.8. The molecule has 4 aliphatic rings. The molecule has 22 heavy (non-hydrogen) atoms. The molecule has 0 unspecified atom stereocenters. The number of hydrogen-bond acceptors (Lipinski definition) is 1. The van der Waals surface area contributed by atoms with Gasteiger partial charge in [-0.25, -0.2) is 0 Å². The van der Waals surface area contributed by atoms with Crippen LogP contribution in [-0.4, -0.2) is 5.78 Å². The fraction of sp³-hybridized carbons (Fsp3) is 0.476. The zero-order chi connectivity index (χ0) is 15.0. The van der Waals surface area contributed by atoms with Gasteiger partial charge in [0.15, 0.2) is 5.78 Å². The summed E-state index contributed by atoms with van der Waals surface area (Å²) in [6.45, 7) is 0. The molecular weight excluding hydrogens is 268 g/mol. The van der Waals surface area contributed by atoms with Crippen molar-refractivity contribution < 1.29 is 4.79 Å². The topological polar surface area (TPSA) is 17.1 Å². The van der Waals surface area contributed by atoms with Gasteiger partial charge in [-0.2, -0.15) is 0 Å². The summed E-state index contributed by atoms with van der Waals surface area (Å²) in [6, 6.07) is 10.2. The molecular formula is C21H24O. The Kier molecular flexibility index (Phi) is 3.52. The quantitative estimate of drug-likeness (QED) is 0.561. The van der Waals surface area contributed by atoms with Crippen molar-refractivity contribution in [3.63, 3.8) is 0 Å². The van der Waals surface area contributed by atoms with Crippen molar-refractivity contribution in [3.8, 4) is 0 Å². The fourth-order valence-corrected chi connectivity index (χ4v) is 5.46. The van der Waals surface area contributed by atoms with Crippen molar-refractivity contribution >= 4 is 11.9 Å². The van der Waals surface area contributed by atoms with Crippen LogP contribution < -0.4 is 0 Å². The first-order valence-corrected chi connectivity index (χ1v) is 8.68. The lowest BCUT2D eigenvalue weighted by Gasteiger charge is -2.55. The van der Waals surface area contributed by atoms with Crippen molar-refractivity contribution in [1.29, 1.82) is 0 Å². The molecule has 114 valence electrons. The maximum absolute atomic E-state index is 12.8. The normalized spacial score (nSPS) is 36.5. The summed E-state index contributed by atoms with van der Waals surface area (Å²) in [6.07, 6.45) is 15.5. The van der Waals surface area contributed by atoms with Gasteiger partial charge in [0, 0.05) is 5.41 Å². The van der Waals surface area contributed by atoms with E-state index in [2.05, 4.69) is 18.2 Å². The Morgan fingerprint density at radius 3 is 2.09 bits per heavy atom. The van der Waals surface area contributed by atoms with E-state index < -0.39 is 0 Å². The van der Waals surface area contributed by atoms with Crippen molar-refractivity contribution in [2.75, 3.05) is 0 Å². The lowest BCUT2D eigenvalue weighted by Crippen LogP contribution is -2.49. The number of carbonyl (C=O) groups excluding carboxylic acids is 1. The van der Waals surface area contributed by atoms with Gasteiger partial charge in [-0.1, -0.05) is 48.6 Å². The molecule has 1 heteroatoms. The Morgan fingerprint density at radius 2 is 1.50 bits per heavy atom. The summed E-state index contributed by atoms with van der Waals surface area (Å²) < 4.78 is 0. The summed E-state index contributed by atoms with van der Waals surface area (Å²) in [5, 5.41) is 0. The van der Waals surface area contributed by atoms with Gasteiger partial charge in [0.05, 0.1) is 0 Å². The highest BCUT2D eigenvalue weighted by Gasteiger charge is 2.53. The monoisotopic (exact) mass is 292 g/mol. The summed E-state index contributed by atoms with van der Waals surface area (Å²) in [5.41, 5.74) is 1.18. The van der Waals surface area contributed by atoms with Gasteiger partial charge < -0.3 is 0 Å². The van der Waals surface area contributed by atoms with Gasteiger partial charge in [0.2, 0.25) is 0 Å². The first-order chi connectivity index (χ1) is 10.7. The Hall–Kier alpha value is -1.63. The van der Waals surface area contributed by atoms with Gasteiger partial charge >= 0.3 is 0 Å². The number of ketones is 1. The Labute approximate surface area is 133 Å². The van der Waals surface area contributed by atoms with Gasteiger partial charge in [0.1, 0.15) is 0 Å². The van der Waals surface area contributed by atoms with Crippen LogP contribution in [0.4, 0.5) is 0 Å². The molecule has 4 fully saturated rings.